The highest BCUT2D eigenvalue weighted by molar-refractivity contribution is 5.28. The summed E-state index contributed by atoms with van der Waals surface area (Å²) in [6.45, 7) is 13.9. The van der Waals surface area contributed by atoms with Crippen molar-refractivity contribution in [1.29, 1.82) is 0 Å². The van der Waals surface area contributed by atoms with Crippen molar-refractivity contribution in [2.45, 2.75) is 67.7 Å². The lowest BCUT2D eigenvalue weighted by molar-refractivity contribution is 0.683. The van der Waals surface area contributed by atoms with Crippen LogP contribution in [0.25, 0.3) is 0 Å². The Kier molecular flexibility index (Phi) is 21.4. The van der Waals surface area contributed by atoms with Gasteiger partial charge in [0.05, 0.1) is 0 Å². The summed E-state index contributed by atoms with van der Waals surface area (Å²) >= 11 is 0. The fourth-order valence-corrected chi connectivity index (χ4v) is 1.49. The summed E-state index contributed by atoms with van der Waals surface area (Å²) in [6, 6.07) is 0. The average Bonchev–Trinajstić information content (AvgIpc) is 2.33. The molecule has 0 nitrogen and oxygen atoms in total. The molecule has 0 unspecified atom stereocenters. The van der Waals surface area contributed by atoms with Gasteiger partial charge in [0.25, 0.3) is 0 Å². The first kappa shape index (κ1) is 20.6. The van der Waals surface area contributed by atoms with E-state index in [0.717, 1.165) is 0 Å². The van der Waals surface area contributed by atoms with Gasteiger partial charge >= 0.3 is 0 Å². The molecule has 1 aliphatic carbocycles. The molecule has 0 saturated heterocycles. The SMILES string of the molecule is C.C=C/C=C\C1=C(C)CCCC1.CC.CC. The summed E-state index contributed by atoms with van der Waals surface area (Å²) in [5, 5.41) is 0. The Bertz CT molecular complexity index is 194. The van der Waals surface area contributed by atoms with Gasteiger partial charge in [0, 0.05) is 0 Å². The molecular formula is C16H32. The maximum absolute atomic E-state index is 3.66. The van der Waals surface area contributed by atoms with Gasteiger partial charge in [-0.25, -0.2) is 0 Å². The van der Waals surface area contributed by atoms with E-state index in [1.165, 1.54) is 31.3 Å². The van der Waals surface area contributed by atoms with Crippen molar-refractivity contribution < 1.29 is 0 Å². The first-order chi connectivity index (χ1) is 7.34. The third-order valence-corrected chi connectivity index (χ3v) is 2.23. The van der Waals surface area contributed by atoms with Crippen LogP contribution in [0.4, 0.5) is 0 Å². The van der Waals surface area contributed by atoms with Crippen LogP contribution >= 0.6 is 0 Å². The van der Waals surface area contributed by atoms with Crippen LogP contribution in [0.15, 0.2) is 36.0 Å². The van der Waals surface area contributed by atoms with E-state index < -0.39 is 0 Å². The third-order valence-electron chi connectivity index (χ3n) is 2.23. The fourth-order valence-electron chi connectivity index (χ4n) is 1.49. The van der Waals surface area contributed by atoms with Gasteiger partial charge in [0.15, 0.2) is 0 Å². The van der Waals surface area contributed by atoms with Crippen molar-refractivity contribution >= 4 is 0 Å². The molecule has 0 aromatic heterocycles. The van der Waals surface area contributed by atoms with Crippen LogP contribution in [0, 0.1) is 0 Å². The van der Waals surface area contributed by atoms with Gasteiger partial charge in [-0.15, -0.1) is 0 Å². The smallest absolute Gasteiger partial charge is 0.0279 e. The van der Waals surface area contributed by atoms with Crippen molar-refractivity contribution in [3.63, 3.8) is 0 Å². The standard InChI is InChI=1S/C11H16.2C2H6.CH4/c1-3-4-8-11-9-6-5-7-10(11)2;2*1-2;/h3-4,8H,1,5-7,9H2,2H3;2*1-2H3;1H4/b8-4-;;;. The van der Waals surface area contributed by atoms with E-state index in [-0.39, 0.29) is 7.43 Å². The minimum absolute atomic E-state index is 0. The van der Waals surface area contributed by atoms with Crippen molar-refractivity contribution in [3.05, 3.63) is 36.0 Å². The molecule has 1 rings (SSSR count). The Balaban J connectivity index is -0.000000305. The topological polar surface area (TPSA) is 0 Å². The molecule has 0 aromatic rings. The van der Waals surface area contributed by atoms with Gasteiger partial charge < -0.3 is 0 Å². The van der Waals surface area contributed by atoms with E-state index in [2.05, 4.69) is 19.6 Å². The summed E-state index contributed by atoms with van der Waals surface area (Å²) < 4.78 is 0. The first-order valence-corrected chi connectivity index (χ1v) is 6.32. The largest absolute Gasteiger partial charge is 0.0991 e. The van der Waals surface area contributed by atoms with E-state index in [9.17, 15) is 0 Å². The summed E-state index contributed by atoms with van der Waals surface area (Å²) in [6.07, 6.45) is 11.3. The Hall–Kier alpha value is -0.780. The Morgan fingerprint density at radius 3 is 1.94 bits per heavy atom. The average molecular weight is 224 g/mol. The van der Waals surface area contributed by atoms with Crippen LogP contribution in [0.1, 0.15) is 67.7 Å². The van der Waals surface area contributed by atoms with Gasteiger partial charge in [-0.1, -0.05) is 65.5 Å². The second kappa shape index (κ2) is 16.6. The van der Waals surface area contributed by atoms with E-state index in [1.54, 1.807) is 5.57 Å². The number of rotatable bonds is 2. The van der Waals surface area contributed by atoms with E-state index >= 15 is 0 Å². The van der Waals surface area contributed by atoms with Gasteiger partial charge in [-0.3, -0.25) is 0 Å². The highest BCUT2D eigenvalue weighted by atomic mass is 14.1. The van der Waals surface area contributed by atoms with Crippen LogP contribution in [0.5, 0.6) is 0 Å². The van der Waals surface area contributed by atoms with Gasteiger partial charge in [0.2, 0.25) is 0 Å². The fraction of sp³-hybridized carbons (Fsp3) is 0.625. The molecule has 0 heterocycles. The highest BCUT2D eigenvalue weighted by Gasteiger charge is 2.04. The molecule has 0 atom stereocenters. The Morgan fingerprint density at radius 2 is 1.50 bits per heavy atom. The number of allylic oxidation sites excluding steroid dienone is 5. The predicted molar refractivity (Wildman–Crippen MR) is 79.9 cm³/mol. The maximum atomic E-state index is 3.66. The van der Waals surface area contributed by atoms with Crippen LogP contribution in [0.3, 0.4) is 0 Å². The molecule has 0 radical (unpaired) electrons. The zero-order valence-corrected chi connectivity index (χ0v) is 11.3. The van der Waals surface area contributed by atoms with E-state index in [1.807, 2.05) is 39.8 Å². The number of hydrogen-bond donors (Lipinski definition) is 0. The van der Waals surface area contributed by atoms with Crippen molar-refractivity contribution in [2.24, 2.45) is 0 Å². The van der Waals surface area contributed by atoms with Crippen LogP contribution in [0.2, 0.25) is 0 Å². The van der Waals surface area contributed by atoms with Crippen LogP contribution < -0.4 is 0 Å². The minimum Gasteiger partial charge on any atom is -0.0991 e. The minimum atomic E-state index is 0. The molecule has 1 aliphatic rings. The van der Waals surface area contributed by atoms with E-state index in [4.69, 9.17) is 0 Å². The van der Waals surface area contributed by atoms with Crippen LogP contribution in [-0.4, -0.2) is 0 Å². The van der Waals surface area contributed by atoms with Crippen LogP contribution in [-0.2, 0) is 0 Å². The molecule has 0 aromatic carbocycles. The van der Waals surface area contributed by atoms with Crippen molar-refractivity contribution in [3.8, 4) is 0 Å². The lowest BCUT2D eigenvalue weighted by Gasteiger charge is -2.13. The second-order valence-corrected chi connectivity index (χ2v) is 3.11. The Labute approximate surface area is 104 Å². The molecule has 0 fully saturated rings. The lowest BCUT2D eigenvalue weighted by Crippen LogP contribution is -1.94. The lowest BCUT2D eigenvalue weighted by atomic mass is 9.92. The molecule has 0 N–H and O–H groups in total. The molecule has 0 amide bonds. The molecular weight excluding hydrogens is 192 g/mol. The first-order valence-electron chi connectivity index (χ1n) is 6.32. The number of hydrogen-bond acceptors (Lipinski definition) is 0. The molecule has 96 valence electrons. The van der Waals surface area contributed by atoms with E-state index in [0.29, 0.717) is 0 Å². The maximum Gasteiger partial charge on any atom is -0.0279 e. The Morgan fingerprint density at radius 1 is 1.00 bits per heavy atom. The molecule has 16 heavy (non-hydrogen) atoms. The highest BCUT2D eigenvalue weighted by Crippen LogP contribution is 2.24. The molecule has 0 spiro atoms. The quantitative estimate of drug-likeness (QED) is 0.482. The molecule has 0 saturated carbocycles. The zero-order valence-electron chi connectivity index (χ0n) is 11.3. The molecule has 0 aliphatic heterocycles. The van der Waals surface area contributed by atoms with Gasteiger partial charge in [-0.05, 0) is 38.2 Å². The molecule has 0 bridgehead atoms. The predicted octanol–water partition coefficient (Wildman–Crippen LogP) is 6.31. The summed E-state index contributed by atoms with van der Waals surface area (Å²) in [4.78, 5) is 0. The third kappa shape index (κ3) is 9.76. The normalized spacial score (nSPS) is 14.1. The zero-order chi connectivity index (χ0) is 12.1. The van der Waals surface area contributed by atoms with Gasteiger partial charge in [0.1, 0.15) is 0 Å². The summed E-state index contributed by atoms with van der Waals surface area (Å²) in [7, 11) is 0. The summed E-state index contributed by atoms with van der Waals surface area (Å²) in [5.41, 5.74) is 3.09. The van der Waals surface area contributed by atoms with Crippen molar-refractivity contribution in [2.75, 3.05) is 0 Å². The summed E-state index contributed by atoms with van der Waals surface area (Å²) in [5.74, 6) is 0. The second-order valence-electron chi connectivity index (χ2n) is 3.11. The molecule has 0 heteroatoms. The van der Waals surface area contributed by atoms with Gasteiger partial charge in [-0.2, -0.15) is 0 Å². The van der Waals surface area contributed by atoms with Crippen molar-refractivity contribution in [1.82, 2.24) is 0 Å². The monoisotopic (exact) mass is 224 g/mol.